The zero-order chi connectivity index (χ0) is 11.6. The summed E-state index contributed by atoms with van der Waals surface area (Å²) in [6.45, 7) is 8.63. The molecule has 0 radical (unpaired) electrons. The molecule has 0 aromatic rings. The van der Waals surface area contributed by atoms with Crippen molar-refractivity contribution in [1.82, 2.24) is 5.32 Å². The van der Waals surface area contributed by atoms with E-state index < -0.39 is 0 Å². The van der Waals surface area contributed by atoms with Crippen LogP contribution in [-0.2, 0) is 0 Å². The fourth-order valence-electron chi connectivity index (χ4n) is 1.57. The van der Waals surface area contributed by atoms with Gasteiger partial charge in [0.1, 0.15) is 0 Å². The maximum atomic E-state index is 5.89. The van der Waals surface area contributed by atoms with E-state index >= 15 is 0 Å². The number of nitrogens with one attached hydrogen (secondary N) is 1. The van der Waals surface area contributed by atoms with Crippen molar-refractivity contribution in [3.05, 3.63) is 0 Å². The van der Waals surface area contributed by atoms with Gasteiger partial charge < -0.3 is 11.1 Å². The quantitative estimate of drug-likeness (QED) is 0.549. The Morgan fingerprint density at radius 1 is 0.933 bits per heavy atom. The zero-order valence-corrected chi connectivity index (χ0v) is 10.9. The highest BCUT2D eigenvalue weighted by Crippen LogP contribution is 2.04. The molecule has 0 atom stereocenters. The van der Waals surface area contributed by atoms with Gasteiger partial charge in [0.2, 0.25) is 0 Å². The summed E-state index contributed by atoms with van der Waals surface area (Å²) < 4.78 is 0. The first-order chi connectivity index (χ1) is 7.06. The van der Waals surface area contributed by atoms with E-state index in [-0.39, 0.29) is 5.54 Å². The molecule has 0 bridgehead atoms. The van der Waals surface area contributed by atoms with E-state index in [1.54, 1.807) is 0 Å². The van der Waals surface area contributed by atoms with Crippen LogP contribution >= 0.6 is 0 Å². The van der Waals surface area contributed by atoms with Crippen LogP contribution in [0.25, 0.3) is 0 Å². The van der Waals surface area contributed by atoms with Gasteiger partial charge in [0.05, 0.1) is 0 Å². The van der Waals surface area contributed by atoms with Gasteiger partial charge in [-0.25, -0.2) is 0 Å². The van der Waals surface area contributed by atoms with Crippen LogP contribution in [0.5, 0.6) is 0 Å². The lowest BCUT2D eigenvalue weighted by Gasteiger charge is -2.18. The van der Waals surface area contributed by atoms with Crippen molar-refractivity contribution in [2.24, 2.45) is 5.73 Å². The minimum absolute atomic E-state index is 0.0197. The third-order valence-corrected chi connectivity index (χ3v) is 2.65. The Morgan fingerprint density at radius 2 is 1.53 bits per heavy atom. The highest BCUT2D eigenvalue weighted by atomic mass is 14.9. The van der Waals surface area contributed by atoms with E-state index in [0.717, 1.165) is 19.5 Å². The number of hydrogen-bond acceptors (Lipinski definition) is 2. The molecular formula is C13H30N2. The first-order valence-corrected chi connectivity index (χ1v) is 6.56. The minimum Gasteiger partial charge on any atom is -0.326 e. The Morgan fingerprint density at radius 3 is 2.13 bits per heavy atom. The second-order valence-electron chi connectivity index (χ2n) is 5.26. The van der Waals surface area contributed by atoms with Crippen molar-refractivity contribution in [2.75, 3.05) is 13.1 Å². The smallest absolute Gasteiger partial charge is 0.0109 e. The van der Waals surface area contributed by atoms with Crippen LogP contribution in [0.2, 0.25) is 0 Å². The molecule has 0 aliphatic heterocycles. The molecule has 3 N–H and O–H groups in total. The predicted molar refractivity (Wildman–Crippen MR) is 69.1 cm³/mol. The van der Waals surface area contributed by atoms with Gasteiger partial charge in [-0.15, -0.1) is 0 Å². The summed E-state index contributed by atoms with van der Waals surface area (Å²) in [7, 11) is 0. The highest BCUT2D eigenvalue weighted by molar-refractivity contribution is 4.72. The molecule has 92 valence electrons. The standard InChI is InChI=1S/C13H30N2/c1-4-5-6-7-8-9-11-15-12-10-13(2,3)14/h15H,4-12,14H2,1-3H3. The van der Waals surface area contributed by atoms with Crippen LogP contribution in [0.3, 0.4) is 0 Å². The molecule has 2 heteroatoms. The van der Waals surface area contributed by atoms with E-state index in [0.29, 0.717) is 0 Å². The van der Waals surface area contributed by atoms with Gasteiger partial charge in [-0.05, 0) is 39.8 Å². The Bertz CT molecular complexity index is 127. The fraction of sp³-hybridized carbons (Fsp3) is 1.00. The average molecular weight is 214 g/mol. The van der Waals surface area contributed by atoms with Gasteiger partial charge in [-0.2, -0.15) is 0 Å². The van der Waals surface area contributed by atoms with Gasteiger partial charge in [-0.1, -0.05) is 39.0 Å². The summed E-state index contributed by atoms with van der Waals surface area (Å²) in [5.41, 5.74) is 5.87. The summed E-state index contributed by atoms with van der Waals surface area (Å²) in [6.07, 6.45) is 9.29. The van der Waals surface area contributed by atoms with Crippen molar-refractivity contribution in [1.29, 1.82) is 0 Å². The Labute approximate surface area is 96.0 Å². The van der Waals surface area contributed by atoms with Crippen LogP contribution in [-0.4, -0.2) is 18.6 Å². The lowest BCUT2D eigenvalue weighted by molar-refractivity contribution is 0.451. The van der Waals surface area contributed by atoms with Gasteiger partial charge in [-0.3, -0.25) is 0 Å². The maximum absolute atomic E-state index is 5.89. The normalized spacial score (nSPS) is 12.0. The van der Waals surface area contributed by atoms with E-state index in [9.17, 15) is 0 Å². The third kappa shape index (κ3) is 13.9. The molecular weight excluding hydrogens is 184 g/mol. The molecule has 0 amide bonds. The Kier molecular flexibility index (Phi) is 9.12. The van der Waals surface area contributed by atoms with Gasteiger partial charge in [0.25, 0.3) is 0 Å². The molecule has 0 fully saturated rings. The molecule has 0 aromatic heterocycles. The number of nitrogens with two attached hydrogens (primary N) is 1. The Balaban J connectivity index is 2.99. The van der Waals surface area contributed by atoms with E-state index in [1.165, 1.54) is 38.5 Å². The number of unbranched alkanes of at least 4 members (excludes halogenated alkanes) is 5. The van der Waals surface area contributed by atoms with Gasteiger partial charge >= 0.3 is 0 Å². The molecule has 2 nitrogen and oxygen atoms in total. The molecule has 0 saturated heterocycles. The van der Waals surface area contributed by atoms with Crippen molar-refractivity contribution in [3.63, 3.8) is 0 Å². The van der Waals surface area contributed by atoms with Crippen LogP contribution in [0.4, 0.5) is 0 Å². The highest BCUT2D eigenvalue weighted by Gasteiger charge is 2.08. The molecule has 0 aromatic carbocycles. The topological polar surface area (TPSA) is 38.0 Å². The summed E-state index contributed by atoms with van der Waals surface area (Å²) in [5, 5.41) is 3.45. The second kappa shape index (κ2) is 9.17. The summed E-state index contributed by atoms with van der Waals surface area (Å²) in [4.78, 5) is 0. The second-order valence-corrected chi connectivity index (χ2v) is 5.26. The van der Waals surface area contributed by atoms with Gasteiger partial charge in [0, 0.05) is 5.54 Å². The third-order valence-electron chi connectivity index (χ3n) is 2.65. The molecule has 15 heavy (non-hydrogen) atoms. The van der Waals surface area contributed by atoms with E-state index in [4.69, 9.17) is 5.73 Å². The van der Waals surface area contributed by atoms with Crippen LogP contribution in [0, 0.1) is 0 Å². The molecule has 0 heterocycles. The van der Waals surface area contributed by atoms with Crippen molar-refractivity contribution in [3.8, 4) is 0 Å². The largest absolute Gasteiger partial charge is 0.326 e. The number of hydrogen-bond donors (Lipinski definition) is 2. The van der Waals surface area contributed by atoms with Crippen LogP contribution < -0.4 is 11.1 Å². The summed E-state index contributed by atoms with van der Waals surface area (Å²) >= 11 is 0. The summed E-state index contributed by atoms with van der Waals surface area (Å²) in [5.74, 6) is 0. The minimum atomic E-state index is -0.0197. The summed E-state index contributed by atoms with van der Waals surface area (Å²) in [6, 6.07) is 0. The van der Waals surface area contributed by atoms with Crippen LogP contribution in [0.1, 0.15) is 65.7 Å². The average Bonchev–Trinajstić information content (AvgIpc) is 2.14. The Hall–Kier alpha value is -0.0800. The van der Waals surface area contributed by atoms with Crippen molar-refractivity contribution >= 4 is 0 Å². The maximum Gasteiger partial charge on any atom is 0.0109 e. The molecule has 0 unspecified atom stereocenters. The number of rotatable bonds is 10. The van der Waals surface area contributed by atoms with Gasteiger partial charge in [0.15, 0.2) is 0 Å². The van der Waals surface area contributed by atoms with Crippen LogP contribution in [0.15, 0.2) is 0 Å². The molecule has 0 aliphatic carbocycles. The fourth-order valence-corrected chi connectivity index (χ4v) is 1.57. The SMILES string of the molecule is CCCCCCCCNCCC(C)(C)N. The first kappa shape index (κ1) is 14.9. The first-order valence-electron chi connectivity index (χ1n) is 6.56. The lowest BCUT2D eigenvalue weighted by Crippen LogP contribution is -2.35. The zero-order valence-electron chi connectivity index (χ0n) is 10.9. The monoisotopic (exact) mass is 214 g/mol. The molecule has 0 spiro atoms. The molecule has 0 rings (SSSR count). The van der Waals surface area contributed by atoms with E-state index in [2.05, 4.69) is 26.1 Å². The van der Waals surface area contributed by atoms with Crippen molar-refractivity contribution < 1.29 is 0 Å². The predicted octanol–water partition coefficient (Wildman–Crippen LogP) is 3.06. The lowest BCUT2D eigenvalue weighted by atomic mass is 10.0. The molecule has 0 saturated carbocycles. The van der Waals surface area contributed by atoms with E-state index in [1.807, 2.05) is 0 Å². The van der Waals surface area contributed by atoms with Crippen molar-refractivity contribution in [2.45, 2.75) is 71.3 Å². The molecule has 0 aliphatic rings.